The van der Waals surface area contributed by atoms with E-state index in [1.165, 1.54) is 20.9 Å². The van der Waals surface area contributed by atoms with E-state index in [1.54, 1.807) is 0 Å². The van der Waals surface area contributed by atoms with Crippen LogP contribution in [0.4, 0.5) is 0 Å². The van der Waals surface area contributed by atoms with Crippen molar-refractivity contribution in [1.82, 2.24) is 0 Å². The Labute approximate surface area is 102 Å². The predicted molar refractivity (Wildman–Crippen MR) is 58.2 cm³/mol. The minimum absolute atomic E-state index is 0.265. The third-order valence-corrected chi connectivity index (χ3v) is 4.53. The second-order valence-corrected chi connectivity index (χ2v) is 5.13. The van der Waals surface area contributed by atoms with Crippen LogP contribution in [-0.4, -0.2) is 11.1 Å². The van der Waals surface area contributed by atoms with Crippen molar-refractivity contribution in [2.24, 2.45) is 5.41 Å². The molecule has 88 valence electrons. The first-order valence-electron chi connectivity index (χ1n) is 4.84. The minimum atomic E-state index is -0.833. The molecule has 1 aliphatic carbocycles. The Morgan fingerprint density at radius 1 is 1.20 bits per heavy atom. The summed E-state index contributed by atoms with van der Waals surface area (Å²) in [6.45, 7) is 12.3. The molecule has 3 heteroatoms. The van der Waals surface area contributed by atoms with Crippen molar-refractivity contribution in [3.8, 4) is 0 Å². The summed E-state index contributed by atoms with van der Waals surface area (Å²) in [6, 6.07) is 0. The molecule has 1 rings (SSSR count). The van der Waals surface area contributed by atoms with Gasteiger partial charge in [-0.3, -0.25) is 4.79 Å². The van der Waals surface area contributed by atoms with E-state index >= 15 is 0 Å². The van der Waals surface area contributed by atoms with Gasteiger partial charge in [-0.1, -0.05) is 0 Å². The van der Waals surface area contributed by atoms with Crippen LogP contribution >= 0.6 is 0 Å². The average Bonchev–Trinajstić information content (AvgIpc) is 2.21. The molecule has 1 N–H and O–H groups in total. The van der Waals surface area contributed by atoms with Crippen molar-refractivity contribution in [3.05, 3.63) is 20.9 Å². The molecule has 2 nitrogen and oxygen atoms in total. The number of hydrogen-bond acceptors (Lipinski definition) is 1. The summed E-state index contributed by atoms with van der Waals surface area (Å²) in [6.07, 6.45) is 0. The van der Waals surface area contributed by atoms with E-state index in [2.05, 4.69) is 52.9 Å². The number of carboxylic acids is 1. The molecule has 0 aromatic heterocycles. The van der Waals surface area contributed by atoms with Crippen LogP contribution in [0.25, 0.3) is 0 Å². The predicted octanol–water partition coefficient (Wildman–Crippen LogP) is 3.27. The van der Waals surface area contributed by atoms with Crippen LogP contribution in [0.15, 0.2) is 20.9 Å². The monoisotopic (exact) mass is 298 g/mol. The fourth-order valence-corrected chi connectivity index (χ4v) is 2.15. The normalized spacial score (nSPS) is 18.9. The number of aliphatic carboxylic acids is 1. The van der Waals surface area contributed by atoms with Gasteiger partial charge in [-0.25, -0.2) is 0 Å². The van der Waals surface area contributed by atoms with Crippen LogP contribution in [0.3, 0.4) is 0 Å². The molecule has 0 aromatic carbocycles. The van der Waals surface area contributed by atoms with E-state index in [4.69, 9.17) is 9.90 Å². The molecule has 0 spiro atoms. The van der Waals surface area contributed by atoms with E-state index in [0.717, 1.165) is 6.92 Å². The van der Waals surface area contributed by atoms with Crippen LogP contribution in [0.2, 0.25) is 0 Å². The summed E-state index contributed by atoms with van der Waals surface area (Å²) >= 11 is 3.07. The quantitative estimate of drug-likeness (QED) is 0.697. The van der Waals surface area contributed by atoms with Gasteiger partial charge in [-0.2, -0.15) is 0 Å². The SMILES string of the molecule is CC(=O)O.CC1=C(C)C(C)(C)[C]([Rh])=C1C. The van der Waals surface area contributed by atoms with Crippen LogP contribution < -0.4 is 0 Å². The molecule has 0 saturated carbocycles. The van der Waals surface area contributed by atoms with E-state index in [-0.39, 0.29) is 5.41 Å². The fourth-order valence-electron chi connectivity index (χ4n) is 1.53. The van der Waals surface area contributed by atoms with Gasteiger partial charge < -0.3 is 5.11 Å². The molecular formula is C12H19O2Rh. The van der Waals surface area contributed by atoms with Gasteiger partial charge in [-0.05, 0) is 0 Å². The molecular weight excluding hydrogens is 279 g/mol. The molecule has 0 amide bonds. The van der Waals surface area contributed by atoms with E-state index < -0.39 is 5.97 Å². The van der Waals surface area contributed by atoms with Gasteiger partial charge in [-0.15, -0.1) is 0 Å². The van der Waals surface area contributed by atoms with Gasteiger partial charge in [0.15, 0.2) is 0 Å². The fraction of sp³-hybridized carbons (Fsp3) is 0.583. The van der Waals surface area contributed by atoms with Gasteiger partial charge >= 0.3 is 79.2 Å². The molecule has 0 saturated heterocycles. The molecule has 0 fully saturated rings. The number of carboxylic acid groups (broad SMARTS) is 1. The topological polar surface area (TPSA) is 37.3 Å². The first kappa shape index (κ1) is 14.6. The molecule has 0 aromatic rings. The van der Waals surface area contributed by atoms with Crippen LogP contribution in [-0.2, 0) is 23.1 Å². The number of rotatable bonds is 0. The van der Waals surface area contributed by atoms with Crippen molar-refractivity contribution in [1.29, 1.82) is 0 Å². The van der Waals surface area contributed by atoms with Gasteiger partial charge in [0.2, 0.25) is 0 Å². The average molecular weight is 298 g/mol. The van der Waals surface area contributed by atoms with E-state index in [0.29, 0.717) is 0 Å². The second-order valence-electron chi connectivity index (χ2n) is 4.31. The van der Waals surface area contributed by atoms with Crippen molar-refractivity contribution in [2.45, 2.75) is 41.5 Å². The Morgan fingerprint density at radius 3 is 1.60 bits per heavy atom. The molecule has 0 heterocycles. The Kier molecular flexibility index (Phi) is 4.93. The summed E-state index contributed by atoms with van der Waals surface area (Å²) in [5.41, 5.74) is 4.68. The van der Waals surface area contributed by atoms with Crippen molar-refractivity contribution in [2.75, 3.05) is 0 Å². The number of allylic oxidation sites excluding steroid dienone is 4. The van der Waals surface area contributed by atoms with Gasteiger partial charge in [0.25, 0.3) is 5.97 Å². The van der Waals surface area contributed by atoms with Crippen LogP contribution in [0, 0.1) is 5.41 Å². The zero-order valence-electron chi connectivity index (χ0n) is 10.2. The Hall–Kier alpha value is -0.427. The molecule has 0 atom stereocenters. The Bertz CT molecular complexity index is 306. The third kappa shape index (κ3) is 3.27. The van der Waals surface area contributed by atoms with Gasteiger partial charge in [0, 0.05) is 6.92 Å². The number of hydrogen-bond donors (Lipinski definition) is 1. The summed E-state index contributed by atoms with van der Waals surface area (Å²) in [7, 11) is 0. The molecule has 0 bridgehead atoms. The van der Waals surface area contributed by atoms with E-state index in [1.807, 2.05) is 0 Å². The summed E-state index contributed by atoms with van der Waals surface area (Å²) < 4.78 is 1.42. The molecule has 0 radical (unpaired) electrons. The summed E-state index contributed by atoms with van der Waals surface area (Å²) in [5, 5.41) is 7.42. The van der Waals surface area contributed by atoms with Gasteiger partial charge in [0.1, 0.15) is 0 Å². The molecule has 0 unspecified atom stereocenters. The van der Waals surface area contributed by atoms with Crippen LogP contribution in [0.1, 0.15) is 41.5 Å². The standard InChI is InChI=1S/C10H15.C2H4O2.Rh/c1-7-6-10(4,5)9(3)8(7)2;1-2(3)4;/h1-5H3;1H3,(H,3,4);. The first-order chi connectivity index (χ1) is 6.62. The third-order valence-electron chi connectivity index (χ3n) is 2.90. The molecule has 0 aliphatic heterocycles. The van der Waals surface area contributed by atoms with E-state index in [9.17, 15) is 0 Å². The zero-order chi connectivity index (χ0) is 12.4. The van der Waals surface area contributed by atoms with Crippen LogP contribution in [0.5, 0.6) is 0 Å². The first-order valence-corrected chi connectivity index (χ1v) is 5.66. The summed E-state index contributed by atoms with van der Waals surface area (Å²) in [5.74, 6) is -0.833. The Balaban J connectivity index is 0.000000423. The second kappa shape index (κ2) is 5.07. The number of carbonyl (C=O) groups is 1. The molecule has 15 heavy (non-hydrogen) atoms. The Morgan fingerprint density at radius 2 is 1.53 bits per heavy atom. The van der Waals surface area contributed by atoms with Crippen molar-refractivity contribution in [3.63, 3.8) is 0 Å². The van der Waals surface area contributed by atoms with Gasteiger partial charge in [0.05, 0.1) is 0 Å². The maximum atomic E-state index is 9.00. The van der Waals surface area contributed by atoms with Crippen molar-refractivity contribution >= 4 is 5.97 Å². The summed E-state index contributed by atoms with van der Waals surface area (Å²) in [4.78, 5) is 9.00. The molecule has 1 aliphatic rings. The van der Waals surface area contributed by atoms with Crippen molar-refractivity contribution < 1.29 is 28.2 Å². The maximum absolute atomic E-state index is 9.00. The zero-order valence-corrected chi connectivity index (χ0v) is 11.8.